The zero-order chi connectivity index (χ0) is 29.2. The Morgan fingerprint density at radius 2 is 1.80 bits per heavy atom. The second-order valence-electron chi connectivity index (χ2n) is 9.29. The fourth-order valence-electron chi connectivity index (χ4n) is 4.72. The monoisotopic (exact) mass is 578 g/mol. The van der Waals surface area contributed by atoms with E-state index in [0.29, 0.717) is 11.1 Å². The molecule has 5 rings (SSSR count). The van der Waals surface area contributed by atoms with E-state index in [-0.39, 0.29) is 5.91 Å². The van der Waals surface area contributed by atoms with Gasteiger partial charge in [0.1, 0.15) is 0 Å². The number of carbonyl (C=O) groups excluding carboxylic acids is 1. The molecule has 3 aromatic carbocycles. The van der Waals surface area contributed by atoms with Gasteiger partial charge in [-0.2, -0.15) is 5.26 Å². The molecule has 1 amide bonds. The Bertz CT molecular complexity index is 1630. The van der Waals surface area contributed by atoms with Crippen molar-refractivity contribution in [1.82, 2.24) is 5.32 Å². The summed E-state index contributed by atoms with van der Waals surface area (Å²) in [6.07, 6.45) is 2.77. The summed E-state index contributed by atoms with van der Waals surface area (Å²) >= 11 is 3.24. The van der Waals surface area contributed by atoms with E-state index in [1.165, 1.54) is 5.56 Å². The molecule has 41 heavy (non-hydrogen) atoms. The van der Waals surface area contributed by atoms with Crippen molar-refractivity contribution in [1.29, 1.82) is 5.26 Å². The number of nitrogens with one attached hydrogen (secondary N) is 3. The highest BCUT2D eigenvalue weighted by atomic mass is 32.2. The van der Waals surface area contributed by atoms with E-state index >= 15 is 0 Å². The number of amides is 1. The summed E-state index contributed by atoms with van der Waals surface area (Å²) in [6, 6.07) is 28.3. The van der Waals surface area contributed by atoms with E-state index in [0.717, 1.165) is 49.9 Å². The van der Waals surface area contributed by atoms with E-state index in [4.69, 9.17) is 0 Å². The summed E-state index contributed by atoms with van der Waals surface area (Å²) in [4.78, 5) is 13.4. The third kappa shape index (κ3) is 7.10. The van der Waals surface area contributed by atoms with E-state index in [2.05, 4.69) is 72.1 Å². The summed E-state index contributed by atoms with van der Waals surface area (Å²) in [5.41, 5.74) is 6.14. The number of fused-ring (bicyclic) bond motifs is 1. The van der Waals surface area contributed by atoms with Crippen molar-refractivity contribution in [2.75, 3.05) is 16.4 Å². The number of thioether (sulfide) groups is 1. The van der Waals surface area contributed by atoms with Crippen LogP contribution >= 0.6 is 23.1 Å². The molecule has 0 aliphatic carbocycles. The number of nitriles is 1. The van der Waals surface area contributed by atoms with Gasteiger partial charge in [0.2, 0.25) is 0 Å². The highest BCUT2D eigenvalue weighted by Crippen LogP contribution is 2.44. The maximum atomic E-state index is 13.4. The lowest BCUT2D eigenvalue weighted by molar-refractivity contribution is -0.113. The van der Waals surface area contributed by atoms with Gasteiger partial charge in [-0.25, -0.2) is 0 Å². The molecule has 4 aromatic rings. The van der Waals surface area contributed by atoms with Gasteiger partial charge in [-0.15, -0.1) is 23.1 Å². The molecule has 0 fully saturated rings. The normalized spacial score (nSPS) is 14.4. The summed E-state index contributed by atoms with van der Waals surface area (Å²) in [7, 11) is 0. The number of thiophene rings is 1. The third-order valence-corrected chi connectivity index (χ3v) is 8.52. The Labute approximate surface area is 250 Å². The van der Waals surface area contributed by atoms with Gasteiger partial charge < -0.3 is 16.0 Å². The van der Waals surface area contributed by atoms with Gasteiger partial charge in [0.15, 0.2) is 0 Å². The first-order chi connectivity index (χ1) is 20.0. The molecule has 1 atom stereocenters. The molecule has 1 aromatic heterocycles. The van der Waals surface area contributed by atoms with Crippen molar-refractivity contribution in [3.63, 3.8) is 0 Å². The van der Waals surface area contributed by atoms with Gasteiger partial charge in [-0.3, -0.25) is 4.79 Å². The van der Waals surface area contributed by atoms with Crippen LogP contribution in [0.15, 0.2) is 119 Å². The fraction of sp³-hybridized carbons (Fsp3) is 0.176. The van der Waals surface area contributed by atoms with Gasteiger partial charge >= 0.3 is 0 Å². The molecule has 5 nitrogen and oxygen atoms in total. The van der Waals surface area contributed by atoms with E-state index in [1.54, 1.807) is 29.3 Å². The number of hydrogen-bond donors (Lipinski definition) is 3. The van der Waals surface area contributed by atoms with E-state index in [1.807, 2.05) is 61.5 Å². The number of carbonyl (C=O) groups is 1. The van der Waals surface area contributed by atoms with Crippen LogP contribution < -0.4 is 16.0 Å². The Hall–Kier alpha value is -4.25. The second-order valence-corrected chi connectivity index (χ2v) is 11.5. The average Bonchev–Trinajstić information content (AvgIpc) is 3.42. The van der Waals surface area contributed by atoms with Crippen LogP contribution in [0.4, 0.5) is 11.4 Å². The largest absolute Gasteiger partial charge is 0.362 e. The van der Waals surface area contributed by atoms with Crippen LogP contribution in [0.1, 0.15) is 37.8 Å². The number of hydrogen-bond acceptors (Lipinski definition) is 6. The lowest BCUT2D eigenvalue weighted by Gasteiger charge is -2.29. The minimum atomic E-state index is -0.412. The molecule has 2 heterocycles. The molecular formula is C34H34N4OS2. The van der Waals surface area contributed by atoms with Crippen molar-refractivity contribution >= 4 is 50.5 Å². The molecule has 3 N–H and O–H groups in total. The van der Waals surface area contributed by atoms with Gasteiger partial charge in [-0.05, 0) is 77.5 Å². The van der Waals surface area contributed by atoms with Crippen LogP contribution in [-0.2, 0) is 11.2 Å². The Morgan fingerprint density at radius 3 is 2.51 bits per heavy atom. The minimum absolute atomic E-state index is 0.195. The number of rotatable bonds is 8. The summed E-state index contributed by atoms with van der Waals surface area (Å²) in [5, 5.41) is 23.4. The number of anilines is 2. The van der Waals surface area contributed by atoms with Gasteiger partial charge in [0, 0.05) is 27.3 Å². The fourth-order valence-corrected chi connectivity index (χ4v) is 6.54. The molecule has 0 bridgehead atoms. The molecule has 0 saturated carbocycles. The van der Waals surface area contributed by atoms with Crippen LogP contribution in [-0.4, -0.2) is 11.7 Å². The minimum Gasteiger partial charge on any atom is -0.362 e. The topological polar surface area (TPSA) is 77.0 Å². The molecule has 0 radical (unpaired) electrons. The van der Waals surface area contributed by atoms with Crippen molar-refractivity contribution in [2.24, 2.45) is 0 Å². The Balaban J connectivity index is 0.000000296. The van der Waals surface area contributed by atoms with Crippen LogP contribution in [0.3, 0.4) is 0 Å². The van der Waals surface area contributed by atoms with Gasteiger partial charge in [-0.1, -0.05) is 69.0 Å². The maximum absolute atomic E-state index is 13.4. The summed E-state index contributed by atoms with van der Waals surface area (Å²) in [5.74, 6) is 0.230. The zero-order valence-corrected chi connectivity index (χ0v) is 25.2. The number of benzene rings is 3. The molecule has 7 heteroatoms. The number of para-hydroxylation sites is 1. The molecule has 1 aliphatic rings. The van der Waals surface area contributed by atoms with Crippen LogP contribution in [0.25, 0.3) is 10.1 Å². The van der Waals surface area contributed by atoms with Gasteiger partial charge in [0.25, 0.3) is 5.91 Å². The third-order valence-electron chi connectivity index (χ3n) is 6.64. The Morgan fingerprint density at radius 1 is 1.07 bits per heavy atom. The molecule has 1 aliphatic heterocycles. The van der Waals surface area contributed by atoms with E-state index in [9.17, 15) is 10.1 Å². The average molecular weight is 579 g/mol. The first-order valence-electron chi connectivity index (χ1n) is 13.5. The van der Waals surface area contributed by atoms with Crippen molar-refractivity contribution in [2.45, 2.75) is 33.1 Å². The maximum Gasteiger partial charge on any atom is 0.254 e. The molecular weight excluding hydrogens is 545 g/mol. The number of dihydropyridines is 1. The number of nitrogens with zero attached hydrogens (tertiary/aromatic N) is 1. The predicted octanol–water partition coefficient (Wildman–Crippen LogP) is 8.79. The van der Waals surface area contributed by atoms with Gasteiger partial charge in [0.05, 0.1) is 22.6 Å². The second kappa shape index (κ2) is 14.4. The molecule has 208 valence electrons. The molecule has 0 saturated heterocycles. The van der Waals surface area contributed by atoms with Crippen molar-refractivity contribution in [3.8, 4) is 6.07 Å². The predicted molar refractivity (Wildman–Crippen MR) is 176 cm³/mol. The number of aryl methyl sites for hydroxylation is 1. The van der Waals surface area contributed by atoms with Crippen molar-refractivity contribution < 1.29 is 4.79 Å². The lowest BCUT2D eigenvalue weighted by Crippen LogP contribution is -2.30. The first kappa shape index (κ1) is 29.7. The SMILES string of the molecule is C=CNc1cccc(CC)c1.CCSC1=C(C#N)C(c2csc3ccccc23)C(C(=O)Nc2ccccc2)=C(C)N1. The van der Waals surface area contributed by atoms with Crippen LogP contribution in [0, 0.1) is 11.3 Å². The smallest absolute Gasteiger partial charge is 0.254 e. The Kier molecular flexibility index (Phi) is 10.4. The van der Waals surface area contributed by atoms with Crippen LogP contribution in [0.5, 0.6) is 0 Å². The highest BCUT2D eigenvalue weighted by Gasteiger charge is 2.35. The molecule has 1 unspecified atom stereocenters. The van der Waals surface area contributed by atoms with Crippen molar-refractivity contribution in [3.05, 3.63) is 130 Å². The van der Waals surface area contributed by atoms with E-state index < -0.39 is 5.92 Å². The standard InChI is InChI=1S/C24H21N3OS2.C10H13N/c1-3-29-24-18(13-25)22(19-14-30-20-12-8-7-11-17(19)20)21(15(2)26-24)23(28)27-16-9-5-4-6-10-16;1-3-9-6-5-7-10(8-9)11-4-2/h4-12,14,22,26H,3H2,1-2H3,(H,27,28);4-8,11H,2-3H2,1H3. The zero-order valence-electron chi connectivity index (χ0n) is 23.5. The summed E-state index contributed by atoms with van der Waals surface area (Å²) < 4.78 is 1.15. The molecule has 0 spiro atoms. The number of allylic oxidation sites excluding steroid dienone is 2. The highest BCUT2D eigenvalue weighted by molar-refractivity contribution is 8.03. The first-order valence-corrected chi connectivity index (χ1v) is 15.4. The quantitative estimate of drug-likeness (QED) is 0.195. The summed E-state index contributed by atoms with van der Waals surface area (Å²) in [6.45, 7) is 9.71. The van der Waals surface area contributed by atoms with Crippen LogP contribution in [0.2, 0.25) is 0 Å². The lowest BCUT2D eigenvalue weighted by atomic mass is 9.82.